The number of hydrogen-bond acceptors (Lipinski definition) is 7. The van der Waals surface area contributed by atoms with Crippen molar-refractivity contribution in [1.29, 1.82) is 0 Å². The largest absolute Gasteiger partial charge is 0.434 e. The number of nitrogens with zero attached hydrogens (tertiary/aromatic N) is 4. The van der Waals surface area contributed by atoms with Crippen LogP contribution in [-0.4, -0.2) is 99.4 Å². The lowest BCUT2D eigenvalue weighted by Gasteiger charge is -2.35. The van der Waals surface area contributed by atoms with Gasteiger partial charge in [-0.1, -0.05) is 107 Å². The van der Waals surface area contributed by atoms with Gasteiger partial charge in [0, 0.05) is 52.4 Å². The van der Waals surface area contributed by atoms with Crippen LogP contribution in [0.3, 0.4) is 0 Å². The maximum atomic E-state index is 14.4. The number of aromatic nitrogens is 2. The van der Waals surface area contributed by atoms with Crippen LogP contribution in [0.2, 0.25) is 0 Å². The summed E-state index contributed by atoms with van der Waals surface area (Å²) in [6.45, 7) is 4.47. The quantitative estimate of drug-likeness (QED) is 0.133. The minimum atomic E-state index is -1.33. The summed E-state index contributed by atoms with van der Waals surface area (Å²) in [6.07, 6.45) is 7.88. The Balaban J connectivity index is 1.54. The van der Waals surface area contributed by atoms with E-state index in [1.165, 1.54) is 38.8 Å². The van der Waals surface area contributed by atoms with Crippen LogP contribution in [-0.2, 0) is 33.7 Å². The lowest BCUT2D eigenvalue weighted by atomic mass is 9.83. The van der Waals surface area contributed by atoms with E-state index in [0.29, 0.717) is 30.4 Å². The van der Waals surface area contributed by atoms with E-state index in [-0.39, 0.29) is 19.4 Å². The van der Waals surface area contributed by atoms with E-state index in [1.54, 1.807) is 6.20 Å². The molecule has 0 unspecified atom stereocenters. The number of H-pyrrole nitrogens is 1. The molecular formula is C41H59N7O6. The van der Waals surface area contributed by atoms with Gasteiger partial charge in [-0.15, -0.1) is 0 Å². The van der Waals surface area contributed by atoms with E-state index in [4.69, 9.17) is 4.74 Å². The van der Waals surface area contributed by atoms with Gasteiger partial charge in [0.05, 0.1) is 18.5 Å². The molecule has 4 rings (SSSR count). The minimum Gasteiger partial charge on any atom is -0.434 e. The second-order valence-corrected chi connectivity index (χ2v) is 14.9. The molecule has 1 aliphatic carbocycles. The van der Waals surface area contributed by atoms with Crippen LogP contribution in [0.1, 0.15) is 82.0 Å². The number of urea groups is 1. The molecule has 0 aliphatic heterocycles. The fraction of sp³-hybridized carbons (Fsp3) is 0.537. The van der Waals surface area contributed by atoms with Crippen LogP contribution in [0.15, 0.2) is 73.2 Å². The van der Waals surface area contributed by atoms with Crippen molar-refractivity contribution in [3.8, 4) is 0 Å². The highest BCUT2D eigenvalue weighted by Gasteiger charge is 2.37. The summed E-state index contributed by atoms with van der Waals surface area (Å²) in [6, 6.07) is 16.5. The molecule has 0 spiro atoms. The van der Waals surface area contributed by atoms with Gasteiger partial charge in [-0.3, -0.25) is 9.59 Å². The molecule has 13 heteroatoms. The molecule has 0 saturated heterocycles. The first-order valence-electron chi connectivity index (χ1n) is 19.2. The Hall–Kier alpha value is -4.91. The maximum Gasteiger partial charge on any atom is 0.429 e. The van der Waals surface area contributed by atoms with Crippen molar-refractivity contribution >= 4 is 23.9 Å². The van der Waals surface area contributed by atoms with Gasteiger partial charge >= 0.3 is 12.1 Å². The third kappa shape index (κ3) is 12.9. The maximum absolute atomic E-state index is 14.4. The van der Waals surface area contributed by atoms with Gasteiger partial charge in [0.1, 0.15) is 6.04 Å². The highest BCUT2D eigenvalue weighted by Crippen LogP contribution is 2.29. The number of hydrogen-bond donors (Lipinski definition) is 4. The number of aliphatic hydroxyl groups excluding tert-OH is 1. The number of carbonyl (C=O) groups excluding carboxylic acids is 4. The average molecular weight is 746 g/mol. The smallest absolute Gasteiger partial charge is 0.429 e. The highest BCUT2D eigenvalue weighted by atomic mass is 16.6. The zero-order valence-corrected chi connectivity index (χ0v) is 32.4. The lowest BCUT2D eigenvalue weighted by molar-refractivity contribution is -0.147. The van der Waals surface area contributed by atoms with Gasteiger partial charge in [-0.2, -0.15) is 0 Å². The van der Waals surface area contributed by atoms with Gasteiger partial charge < -0.3 is 30.4 Å². The summed E-state index contributed by atoms with van der Waals surface area (Å²) in [5, 5.41) is 19.4. The Morgan fingerprint density at radius 3 is 2.15 bits per heavy atom. The number of nitrogens with one attached hydrogen (secondary N) is 3. The first-order valence-corrected chi connectivity index (χ1v) is 19.2. The molecule has 1 aromatic heterocycles. The predicted octanol–water partition coefficient (Wildman–Crippen LogP) is 5.47. The first kappa shape index (κ1) is 41.8. The second kappa shape index (κ2) is 21.1. The number of carbonyl (C=O) groups is 4. The molecule has 294 valence electrons. The molecule has 5 amide bonds. The number of aliphatic hydroxyl groups is 1. The van der Waals surface area contributed by atoms with Crippen molar-refractivity contribution in [3.63, 3.8) is 0 Å². The van der Waals surface area contributed by atoms with Gasteiger partial charge in [0.15, 0.2) is 6.10 Å². The number of imidazole rings is 1. The molecule has 4 atom stereocenters. The van der Waals surface area contributed by atoms with Crippen molar-refractivity contribution in [2.45, 2.75) is 109 Å². The van der Waals surface area contributed by atoms with Crippen LogP contribution < -0.4 is 10.6 Å². The van der Waals surface area contributed by atoms with Crippen molar-refractivity contribution < 1.29 is 29.0 Å². The third-order valence-electron chi connectivity index (χ3n) is 10.3. The summed E-state index contributed by atoms with van der Waals surface area (Å²) in [4.78, 5) is 63.7. The molecule has 1 heterocycles. The number of hydrazine groups is 1. The van der Waals surface area contributed by atoms with E-state index in [9.17, 15) is 24.3 Å². The predicted molar refractivity (Wildman–Crippen MR) is 207 cm³/mol. The third-order valence-corrected chi connectivity index (χ3v) is 10.3. The van der Waals surface area contributed by atoms with Gasteiger partial charge in [-0.25, -0.2) is 24.6 Å². The molecule has 1 saturated carbocycles. The van der Waals surface area contributed by atoms with E-state index in [1.807, 2.05) is 60.7 Å². The molecule has 13 nitrogen and oxygen atoms in total. The van der Waals surface area contributed by atoms with E-state index in [0.717, 1.165) is 53.2 Å². The summed E-state index contributed by atoms with van der Waals surface area (Å²) in [5.74, 6) is -0.218. The molecule has 0 radical (unpaired) electrons. The van der Waals surface area contributed by atoms with Gasteiger partial charge in [0.25, 0.3) is 5.91 Å². The highest BCUT2D eigenvalue weighted by molar-refractivity contribution is 5.91. The normalized spacial score (nSPS) is 15.4. The zero-order valence-electron chi connectivity index (χ0n) is 32.4. The SMILES string of the molecule is CC(C)CC[C@H](O)[C@H](CC1CCCCC1)NC(=O)[C@H](Cc1cnc[nH]1)N(C)C(=O)[C@H](Cc1ccccc1)OC(=O)N(C)N(C)C(=O)NCc1ccccc1. The molecule has 1 aliphatic rings. The molecule has 1 fully saturated rings. The fourth-order valence-corrected chi connectivity index (χ4v) is 6.82. The fourth-order valence-electron chi connectivity index (χ4n) is 6.82. The summed E-state index contributed by atoms with van der Waals surface area (Å²) in [7, 11) is 4.32. The number of rotatable bonds is 17. The molecule has 3 aromatic rings. The molecule has 54 heavy (non-hydrogen) atoms. The number of ether oxygens (including phenoxy) is 1. The molecule has 2 aromatic carbocycles. The molecular weight excluding hydrogens is 686 g/mol. The van der Waals surface area contributed by atoms with E-state index in [2.05, 4.69) is 34.4 Å². The monoisotopic (exact) mass is 745 g/mol. The Bertz CT molecular complexity index is 1580. The molecule has 4 N–H and O–H groups in total. The Morgan fingerprint density at radius 1 is 0.889 bits per heavy atom. The van der Waals surface area contributed by atoms with Crippen molar-refractivity contribution in [2.75, 3.05) is 21.1 Å². The number of likely N-dealkylation sites (N-methyl/N-ethyl adjacent to an activating group) is 1. The summed E-state index contributed by atoms with van der Waals surface area (Å²) >= 11 is 0. The average Bonchev–Trinajstić information content (AvgIpc) is 3.71. The Kier molecular flexibility index (Phi) is 16.3. The lowest BCUT2D eigenvalue weighted by Crippen LogP contribution is -2.56. The molecule has 0 bridgehead atoms. The van der Waals surface area contributed by atoms with Crippen molar-refractivity contribution in [2.24, 2.45) is 11.8 Å². The van der Waals surface area contributed by atoms with E-state index >= 15 is 0 Å². The summed E-state index contributed by atoms with van der Waals surface area (Å²) in [5.41, 5.74) is 2.27. The van der Waals surface area contributed by atoms with Crippen LogP contribution in [0.5, 0.6) is 0 Å². The van der Waals surface area contributed by atoms with Crippen LogP contribution >= 0.6 is 0 Å². The Morgan fingerprint density at radius 2 is 1.54 bits per heavy atom. The van der Waals surface area contributed by atoms with Gasteiger partial charge in [0.2, 0.25) is 5.91 Å². The minimum absolute atomic E-state index is 0.0319. The van der Waals surface area contributed by atoms with Crippen LogP contribution in [0.4, 0.5) is 9.59 Å². The standard InChI is InChI=1S/C41H59N7O6/c1-29(2)21-22-36(49)34(23-30-15-9-6-10-16-30)45-38(50)35(25-33-27-42-28-44-33)46(3)39(51)37(24-31-17-11-7-12-18-31)54-41(53)48(5)47(4)40(52)43-26-32-19-13-8-14-20-32/h7-8,11-14,17-20,27-30,34-37,49H,6,9-10,15-16,21-26H2,1-5H3,(H,42,44)(H,43,52)(H,45,50)/t34-,35-,36-,37-/m0/s1. The topological polar surface area (TPSA) is 160 Å². The number of aromatic amines is 1. The summed E-state index contributed by atoms with van der Waals surface area (Å²) < 4.78 is 5.85. The Labute approximate surface area is 319 Å². The van der Waals surface area contributed by atoms with Crippen molar-refractivity contribution in [3.05, 3.63) is 90.0 Å². The van der Waals surface area contributed by atoms with Gasteiger partial charge in [-0.05, 0) is 42.2 Å². The number of amides is 5. The van der Waals surface area contributed by atoms with Crippen LogP contribution in [0.25, 0.3) is 0 Å². The van der Waals surface area contributed by atoms with Crippen LogP contribution in [0, 0.1) is 11.8 Å². The first-order chi connectivity index (χ1) is 25.9. The zero-order chi connectivity index (χ0) is 39.0. The second-order valence-electron chi connectivity index (χ2n) is 14.9. The van der Waals surface area contributed by atoms with Crippen molar-refractivity contribution in [1.82, 2.24) is 35.5 Å². The number of benzene rings is 2. The van der Waals surface area contributed by atoms with E-state index < -0.39 is 48.2 Å².